The molecule has 1 aliphatic carbocycles. The van der Waals surface area contributed by atoms with Crippen molar-refractivity contribution in [1.29, 1.82) is 0 Å². The quantitative estimate of drug-likeness (QED) is 0.846. The molecule has 1 aliphatic rings. The molecule has 0 aromatic heterocycles. The van der Waals surface area contributed by atoms with Gasteiger partial charge in [-0.15, -0.1) is 0 Å². The Bertz CT molecular complexity index is 496. The molecule has 0 heterocycles. The lowest BCUT2D eigenvalue weighted by atomic mass is 9.97. The molecule has 5 heteroatoms. The van der Waals surface area contributed by atoms with Crippen molar-refractivity contribution in [1.82, 2.24) is 5.32 Å². The first-order valence-corrected chi connectivity index (χ1v) is 8.46. The van der Waals surface area contributed by atoms with E-state index in [1.54, 1.807) is 4.90 Å². The van der Waals surface area contributed by atoms with Crippen LogP contribution in [0.2, 0.25) is 0 Å². The van der Waals surface area contributed by atoms with E-state index >= 15 is 0 Å². The number of nitrogens with zero attached hydrogens (tertiary/aromatic N) is 1. The highest BCUT2D eigenvalue weighted by molar-refractivity contribution is 5.84. The van der Waals surface area contributed by atoms with Crippen molar-refractivity contribution in [2.24, 2.45) is 0 Å². The molecule has 0 unspecified atom stereocenters. The molecule has 0 radical (unpaired) electrons. The maximum absolute atomic E-state index is 12.3. The summed E-state index contributed by atoms with van der Waals surface area (Å²) in [6.45, 7) is -0.102. The maximum Gasteiger partial charge on any atom is 0.323 e. The number of anilines is 1. The Morgan fingerprint density at radius 2 is 1.61 bits per heavy atom. The van der Waals surface area contributed by atoms with Crippen LogP contribution in [0.4, 0.5) is 5.69 Å². The molecule has 0 spiro atoms. The van der Waals surface area contributed by atoms with Crippen molar-refractivity contribution in [3.05, 3.63) is 30.3 Å². The molecule has 1 saturated carbocycles. The van der Waals surface area contributed by atoms with Crippen LogP contribution in [0.5, 0.6) is 0 Å². The van der Waals surface area contributed by atoms with Gasteiger partial charge in [-0.05, 0) is 25.0 Å². The van der Waals surface area contributed by atoms with Gasteiger partial charge < -0.3 is 15.3 Å². The molecule has 1 aromatic carbocycles. The molecule has 126 valence electrons. The van der Waals surface area contributed by atoms with Crippen LogP contribution in [0.25, 0.3) is 0 Å². The normalized spacial score (nSPS) is 16.2. The molecule has 0 aliphatic heterocycles. The van der Waals surface area contributed by atoms with E-state index in [9.17, 15) is 9.59 Å². The number of rotatable bonds is 6. The average molecular weight is 318 g/mol. The third-order valence-corrected chi connectivity index (χ3v) is 4.25. The van der Waals surface area contributed by atoms with Crippen LogP contribution in [0.1, 0.15) is 44.9 Å². The number of para-hydroxylation sites is 1. The number of carbonyl (C=O) groups is 2. The van der Waals surface area contributed by atoms with Crippen LogP contribution in [0.3, 0.4) is 0 Å². The Balaban J connectivity index is 1.92. The van der Waals surface area contributed by atoms with E-state index < -0.39 is 5.97 Å². The largest absolute Gasteiger partial charge is 0.480 e. The molecular formula is C18H26N2O3. The van der Waals surface area contributed by atoms with E-state index in [1.165, 1.54) is 19.3 Å². The topological polar surface area (TPSA) is 69.6 Å². The van der Waals surface area contributed by atoms with Gasteiger partial charge in [-0.1, -0.05) is 50.3 Å². The summed E-state index contributed by atoms with van der Waals surface area (Å²) in [5, 5.41) is 12.2. The monoisotopic (exact) mass is 318 g/mol. The molecule has 2 rings (SSSR count). The molecule has 0 bridgehead atoms. The first-order chi connectivity index (χ1) is 11.1. The lowest BCUT2D eigenvalue weighted by molar-refractivity contribution is -0.135. The molecule has 5 nitrogen and oxygen atoms in total. The van der Waals surface area contributed by atoms with Crippen LogP contribution in [-0.4, -0.2) is 36.1 Å². The minimum absolute atomic E-state index is 0.0762. The summed E-state index contributed by atoms with van der Waals surface area (Å²) in [4.78, 5) is 25.0. The maximum atomic E-state index is 12.3. The van der Waals surface area contributed by atoms with E-state index in [0.29, 0.717) is 0 Å². The highest BCUT2D eigenvalue weighted by Crippen LogP contribution is 2.17. The van der Waals surface area contributed by atoms with Crippen LogP contribution in [-0.2, 0) is 9.59 Å². The number of hydrogen-bond acceptors (Lipinski definition) is 3. The standard InChI is InChI=1S/C18H26N2O3/c21-17(19-15-9-5-2-1-3-6-10-15)13-20(14-18(22)23)16-11-7-4-8-12-16/h4,7-8,11-12,15H,1-3,5-6,9-10,13-14H2,(H,19,21)(H,22,23). The van der Waals surface area contributed by atoms with Crippen molar-refractivity contribution in [2.45, 2.75) is 51.0 Å². The van der Waals surface area contributed by atoms with E-state index in [2.05, 4.69) is 5.32 Å². The van der Waals surface area contributed by atoms with Crippen molar-refractivity contribution < 1.29 is 14.7 Å². The highest BCUT2D eigenvalue weighted by atomic mass is 16.4. The fraction of sp³-hybridized carbons (Fsp3) is 0.556. The molecule has 0 saturated heterocycles. The molecular weight excluding hydrogens is 292 g/mol. The number of amides is 1. The van der Waals surface area contributed by atoms with Gasteiger partial charge in [0, 0.05) is 11.7 Å². The van der Waals surface area contributed by atoms with Crippen molar-refractivity contribution in [3.8, 4) is 0 Å². The van der Waals surface area contributed by atoms with Crippen LogP contribution in [0, 0.1) is 0 Å². The molecule has 1 aromatic rings. The molecule has 1 fully saturated rings. The van der Waals surface area contributed by atoms with Crippen LogP contribution in [0.15, 0.2) is 30.3 Å². The Kier molecular flexibility index (Phi) is 6.91. The zero-order valence-electron chi connectivity index (χ0n) is 13.5. The van der Waals surface area contributed by atoms with Crippen LogP contribution >= 0.6 is 0 Å². The predicted molar refractivity (Wildman–Crippen MR) is 90.5 cm³/mol. The number of nitrogens with one attached hydrogen (secondary N) is 1. The fourth-order valence-electron chi connectivity index (χ4n) is 3.09. The second-order valence-electron chi connectivity index (χ2n) is 6.19. The molecule has 23 heavy (non-hydrogen) atoms. The molecule has 0 atom stereocenters. The average Bonchev–Trinajstić information content (AvgIpc) is 2.49. The lowest BCUT2D eigenvalue weighted by Crippen LogP contribution is -2.44. The van der Waals surface area contributed by atoms with Gasteiger partial charge >= 0.3 is 5.97 Å². The third-order valence-electron chi connectivity index (χ3n) is 4.25. The smallest absolute Gasteiger partial charge is 0.323 e. The second-order valence-corrected chi connectivity index (χ2v) is 6.19. The third kappa shape index (κ3) is 6.30. The minimum atomic E-state index is -0.937. The Morgan fingerprint density at radius 3 is 2.22 bits per heavy atom. The number of carbonyl (C=O) groups excluding carboxylic acids is 1. The number of carboxylic acid groups (broad SMARTS) is 1. The lowest BCUT2D eigenvalue weighted by Gasteiger charge is -2.25. The predicted octanol–water partition coefficient (Wildman–Crippen LogP) is 2.81. The van der Waals surface area contributed by atoms with E-state index in [0.717, 1.165) is 31.4 Å². The Morgan fingerprint density at radius 1 is 1.00 bits per heavy atom. The van der Waals surface area contributed by atoms with Crippen molar-refractivity contribution in [2.75, 3.05) is 18.0 Å². The number of aliphatic carboxylic acids is 1. The summed E-state index contributed by atoms with van der Waals surface area (Å²) in [5.41, 5.74) is 0.753. The number of benzene rings is 1. The Labute approximate surface area is 137 Å². The number of carboxylic acids is 1. The van der Waals surface area contributed by atoms with Gasteiger partial charge in [0.05, 0.1) is 6.54 Å². The first kappa shape index (κ1) is 17.3. The fourth-order valence-corrected chi connectivity index (χ4v) is 3.09. The number of hydrogen-bond donors (Lipinski definition) is 2. The SMILES string of the molecule is O=C(O)CN(CC(=O)NC1CCCCCCC1)c1ccccc1. The summed E-state index contributed by atoms with van der Waals surface area (Å²) in [5.74, 6) is -1.03. The zero-order valence-corrected chi connectivity index (χ0v) is 13.5. The molecule has 1 amide bonds. The summed E-state index contributed by atoms with van der Waals surface area (Å²) in [6, 6.07) is 9.44. The first-order valence-electron chi connectivity index (χ1n) is 8.46. The van der Waals surface area contributed by atoms with Crippen molar-refractivity contribution in [3.63, 3.8) is 0 Å². The van der Waals surface area contributed by atoms with Gasteiger partial charge in [0.1, 0.15) is 6.54 Å². The summed E-state index contributed by atoms with van der Waals surface area (Å²) >= 11 is 0. The van der Waals surface area contributed by atoms with E-state index in [1.807, 2.05) is 30.3 Å². The van der Waals surface area contributed by atoms with Crippen molar-refractivity contribution >= 4 is 17.6 Å². The molecule has 2 N–H and O–H groups in total. The van der Waals surface area contributed by atoms with Gasteiger partial charge in [0.15, 0.2) is 0 Å². The second kappa shape index (κ2) is 9.18. The van der Waals surface area contributed by atoms with Gasteiger partial charge in [0.2, 0.25) is 5.91 Å². The zero-order chi connectivity index (χ0) is 16.5. The highest BCUT2D eigenvalue weighted by Gasteiger charge is 2.18. The van der Waals surface area contributed by atoms with Gasteiger partial charge in [-0.2, -0.15) is 0 Å². The summed E-state index contributed by atoms with van der Waals surface area (Å²) in [7, 11) is 0. The van der Waals surface area contributed by atoms with E-state index in [-0.39, 0.29) is 25.0 Å². The van der Waals surface area contributed by atoms with E-state index in [4.69, 9.17) is 5.11 Å². The van der Waals surface area contributed by atoms with Gasteiger partial charge in [-0.3, -0.25) is 9.59 Å². The summed E-state index contributed by atoms with van der Waals surface area (Å²) < 4.78 is 0. The summed E-state index contributed by atoms with van der Waals surface area (Å²) in [6.07, 6.45) is 8.13. The van der Waals surface area contributed by atoms with Crippen LogP contribution < -0.4 is 10.2 Å². The van der Waals surface area contributed by atoms with Gasteiger partial charge in [-0.25, -0.2) is 0 Å². The Hall–Kier alpha value is -2.04. The van der Waals surface area contributed by atoms with Gasteiger partial charge in [0.25, 0.3) is 0 Å². The minimum Gasteiger partial charge on any atom is -0.480 e.